The molecule has 0 radical (unpaired) electrons. The van der Waals surface area contributed by atoms with Gasteiger partial charge in [-0.2, -0.15) is 0 Å². The number of rotatable bonds is 6. The Bertz CT molecular complexity index is 615. The van der Waals surface area contributed by atoms with Crippen LogP contribution in [0.2, 0.25) is 5.02 Å². The Labute approximate surface area is 125 Å². The summed E-state index contributed by atoms with van der Waals surface area (Å²) < 4.78 is 5.14. The highest BCUT2D eigenvalue weighted by Crippen LogP contribution is 2.29. The normalized spacial score (nSPS) is 10.3. The molecule has 0 spiro atoms. The molecular weight excluding hydrogens is 300 g/mol. The zero-order valence-electron chi connectivity index (χ0n) is 10.7. The van der Waals surface area contributed by atoms with Crippen LogP contribution in [0.5, 0.6) is 5.75 Å². The zero-order valence-corrected chi connectivity index (χ0v) is 12.3. The second-order valence-electron chi connectivity index (χ2n) is 4.01. The van der Waals surface area contributed by atoms with Crippen molar-refractivity contribution in [2.75, 3.05) is 12.4 Å². The number of benzene rings is 1. The fourth-order valence-electron chi connectivity index (χ4n) is 1.58. The first-order valence-corrected chi connectivity index (χ1v) is 7.11. The number of anilines is 2. The second kappa shape index (κ2) is 6.58. The average Bonchev–Trinajstić information content (AvgIpc) is 2.86. The fourth-order valence-corrected chi connectivity index (χ4v) is 2.53. The Kier molecular flexibility index (Phi) is 4.81. The number of nitrogens with one attached hydrogen (secondary N) is 1. The van der Waals surface area contributed by atoms with E-state index in [2.05, 4.69) is 10.3 Å². The molecule has 0 saturated heterocycles. The topological polar surface area (TPSA) is 71.5 Å². The molecule has 1 heterocycles. The monoisotopic (exact) mass is 312 g/mol. The van der Waals surface area contributed by atoms with E-state index in [1.165, 1.54) is 11.3 Å². The number of thiazole rings is 1. The number of carboxylic acid groups (broad SMARTS) is 1. The molecule has 7 heteroatoms. The van der Waals surface area contributed by atoms with Gasteiger partial charge in [0.2, 0.25) is 0 Å². The summed E-state index contributed by atoms with van der Waals surface area (Å²) >= 11 is 7.38. The Morgan fingerprint density at radius 1 is 1.55 bits per heavy atom. The number of nitrogens with zero attached hydrogens (tertiary/aromatic N) is 1. The zero-order chi connectivity index (χ0) is 14.5. The number of carbonyl (C=O) groups is 1. The summed E-state index contributed by atoms with van der Waals surface area (Å²) in [7, 11) is 1.55. The van der Waals surface area contributed by atoms with E-state index in [0.29, 0.717) is 22.3 Å². The van der Waals surface area contributed by atoms with Gasteiger partial charge in [-0.3, -0.25) is 4.79 Å². The molecule has 5 nitrogen and oxygen atoms in total. The lowest BCUT2D eigenvalue weighted by atomic mass is 10.2. The molecule has 0 aliphatic heterocycles. The summed E-state index contributed by atoms with van der Waals surface area (Å²) in [6, 6.07) is 5.34. The summed E-state index contributed by atoms with van der Waals surface area (Å²) in [5.41, 5.74) is 1.58. The molecular formula is C13H13ClN2O3S. The van der Waals surface area contributed by atoms with Gasteiger partial charge >= 0.3 is 5.97 Å². The van der Waals surface area contributed by atoms with E-state index in [1.807, 2.05) is 11.4 Å². The van der Waals surface area contributed by atoms with E-state index in [0.717, 1.165) is 11.4 Å². The highest BCUT2D eigenvalue weighted by atomic mass is 35.5. The van der Waals surface area contributed by atoms with Crippen LogP contribution in [0.15, 0.2) is 23.6 Å². The smallest absolute Gasteiger partial charge is 0.303 e. The predicted octanol–water partition coefficient (Wildman–Crippen LogP) is 3.57. The molecule has 106 valence electrons. The number of methoxy groups -OCH3 is 1. The Balaban J connectivity index is 2.04. The van der Waals surface area contributed by atoms with Crippen molar-refractivity contribution in [1.82, 2.24) is 4.98 Å². The molecule has 0 saturated carbocycles. The van der Waals surface area contributed by atoms with Gasteiger partial charge in [0.05, 0.1) is 24.2 Å². The molecule has 1 aromatic carbocycles. The predicted molar refractivity (Wildman–Crippen MR) is 79.4 cm³/mol. The lowest BCUT2D eigenvalue weighted by Crippen LogP contribution is -1.98. The van der Waals surface area contributed by atoms with Crippen LogP contribution in [0, 0.1) is 0 Å². The van der Waals surface area contributed by atoms with Crippen LogP contribution in [0.1, 0.15) is 12.1 Å². The van der Waals surface area contributed by atoms with Crippen LogP contribution in [0.4, 0.5) is 10.8 Å². The third-order valence-corrected chi connectivity index (χ3v) is 3.67. The molecule has 1 aromatic heterocycles. The van der Waals surface area contributed by atoms with Crippen molar-refractivity contribution in [3.63, 3.8) is 0 Å². The van der Waals surface area contributed by atoms with Gasteiger partial charge in [0.25, 0.3) is 0 Å². The van der Waals surface area contributed by atoms with Gasteiger partial charge < -0.3 is 15.2 Å². The van der Waals surface area contributed by atoms with Crippen molar-refractivity contribution in [1.29, 1.82) is 0 Å². The van der Waals surface area contributed by atoms with Crippen molar-refractivity contribution in [2.45, 2.75) is 12.8 Å². The molecule has 0 bridgehead atoms. The van der Waals surface area contributed by atoms with Crippen molar-refractivity contribution >= 4 is 39.7 Å². The maximum absolute atomic E-state index is 10.5. The number of hydrogen-bond donors (Lipinski definition) is 2. The van der Waals surface area contributed by atoms with E-state index < -0.39 is 5.97 Å². The highest BCUT2D eigenvalue weighted by molar-refractivity contribution is 7.13. The number of hydrogen-bond acceptors (Lipinski definition) is 5. The third-order valence-electron chi connectivity index (χ3n) is 2.55. The molecule has 0 atom stereocenters. The molecule has 0 aliphatic rings. The van der Waals surface area contributed by atoms with Crippen LogP contribution in [0.3, 0.4) is 0 Å². The summed E-state index contributed by atoms with van der Waals surface area (Å²) in [5.74, 6) is -0.241. The van der Waals surface area contributed by atoms with Gasteiger partial charge in [0.15, 0.2) is 5.13 Å². The third kappa shape index (κ3) is 3.85. The summed E-state index contributed by atoms with van der Waals surface area (Å²) in [5, 5.41) is 14.9. The van der Waals surface area contributed by atoms with Crippen LogP contribution in [-0.2, 0) is 11.2 Å². The van der Waals surface area contributed by atoms with E-state index >= 15 is 0 Å². The summed E-state index contributed by atoms with van der Waals surface area (Å²) in [6.07, 6.45) is 0.509. The Morgan fingerprint density at radius 2 is 2.35 bits per heavy atom. The standard InChI is InChI=1S/C13H13ClN2O3S/c1-19-11-6-8(2-4-10(11)14)15-13-16-9(7-20-13)3-5-12(17)18/h2,4,6-7H,3,5H2,1H3,(H,15,16)(H,17,18). The van der Waals surface area contributed by atoms with E-state index in [9.17, 15) is 4.79 Å². The van der Waals surface area contributed by atoms with Crippen molar-refractivity contribution < 1.29 is 14.6 Å². The SMILES string of the molecule is COc1cc(Nc2nc(CCC(=O)O)cs2)ccc1Cl. The lowest BCUT2D eigenvalue weighted by molar-refractivity contribution is -0.136. The van der Waals surface area contributed by atoms with E-state index in [4.69, 9.17) is 21.4 Å². The molecule has 0 aliphatic carbocycles. The minimum absolute atomic E-state index is 0.0813. The van der Waals surface area contributed by atoms with Gasteiger partial charge in [-0.15, -0.1) is 11.3 Å². The molecule has 0 amide bonds. The number of ether oxygens (including phenoxy) is 1. The van der Waals surface area contributed by atoms with Gasteiger partial charge in [0.1, 0.15) is 5.75 Å². The first-order valence-electron chi connectivity index (χ1n) is 5.85. The quantitative estimate of drug-likeness (QED) is 0.853. The first kappa shape index (κ1) is 14.6. The van der Waals surface area contributed by atoms with Crippen LogP contribution in [-0.4, -0.2) is 23.2 Å². The van der Waals surface area contributed by atoms with Gasteiger partial charge in [0, 0.05) is 23.6 Å². The largest absolute Gasteiger partial charge is 0.495 e. The van der Waals surface area contributed by atoms with Crippen molar-refractivity contribution in [2.24, 2.45) is 0 Å². The molecule has 2 rings (SSSR count). The molecule has 2 N–H and O–H groups in total. The lowest BCUT2D eigenvalue weighted by Gasteiger charge is -2.06. The van der Waals surface area contributed by atoms with Gasteiger partial charge in [-0.1, -0.05) is 11.6 Å². The Hall–Kier alpha value is -1.79. The number of halogens is 1. The molecule has 2 aromatic rings. The van der Waals surface area contributed by atoms with Gasteiger partial charge in [-0.05, 0) is 12.1 Å². The van der Waals surface area contributed by atoms with Gasteiger partial charge in [-0.25, -0.2) is 4.98 Å². The van der Waals surface area contributed by atoms with Crippen molar-refractivity contribution in [3.05, 3.63) is 34.3 Å². The van der Waals surface area contributed by atoms with Crippen LogP contribution >= 0.6 is 22.9 Å². The number of aliphatic carboxylic acids is 1. The number of aryl methyl sites for hydroxylation is 1. The second-order valence-corrected chi connectivity index (χ2v) is 5.28. The van der Waals surface area contributed by atoms with E-state index in [-0.39, 0.29) is 6.42 Å². The van der Waals surface area contributed by atoms with Crippen molar-refractivity contribution in [3.8, 4) is 5.75 Å². The van der Waals surface area contributed by atoms with Crippen LogP contribution in [0.25, 0.3) is 0 Å². The molecule has 0 unspecified atom stereocenters. The molecule has 20 heavy (non-hydrogen) atoms. The summed E-state index contributed by atoms with van der Waals surface area (Å²) in [4.78, 5) is 14.8. The maximum Gasteiger partial charge on any atom is 0.303 e. The first-order chi connectivity index (χ1) is 9.58. The number of carboxylic acids is 1. The highest BCUT2D eigenvalue weighted by Gasteiger charge is 2.06. The minimum atomic E-state index is -0.824. The minimum Gasteiger partial charge on any atom is -0.495 e. The maximum atomic E-state index is 10.5. The molecule has 0 fully saturated rings. The Morgan fingerprint density at radius 3 is 3.05 bits per heavy atom. The number of aromatic nitrogens is 1. The van der Waals surface area contributed by atoms with Crippen LogP contribution < -0.4 is 10.1 Å². The summed E-state index contributed by atoms with van der Waals surface area (Å²) in [6.45, 7) is 0. The fraction of sp³-hybridized carbons (Fsp3) is 0.231. The average molecular weight is 313 g/mol. The van der Waals surface area contributed by atoms with E-state index in [1.54, 1.807) is 19.2 Å².